The van der Waals surface area contributed by atoms with E-state index in [1.165, 1.54) is 19.3 Å². The quantitative estimate of drug-likeness (QED) is 0.885. The van der Waals surface area contributed by atoms with Gasteiger partial charge >= 0.3 is 0 Å². The highest BCUT2D eigenvalue weighted by Crippen LogP contribution is 2.42. The molecular formula is C16H20ClNO. The minimum Gasteiger partial charge on any atom is -0.459 e. The summed E-state index contributed by atoms with van der Waals surface area (Å²) in [6.45, 7) is 4.28. The van der Waals surface area contributed by atoms with Crippen molar-refractivity contribution < 1.29 is 4.42 Å². The van der Waals surface area contributed by atoms with Crippen LogP contribution >= 0.6 is 11.6 Å². The lowest BCUT2D eigenvalue weighted by atomic mass is 9.93. The molecular weight excluding hydrogens is 258 g/mol. The predicted molar refractivity (Wildman–Crippen MR) is 79.8 cm³/mol. The Hall–Kier alpha value is -0.990. The zero-order valence-corrected chi connectivity index (χ0v) is 12.0. The summed E-state index contributed by atoms with van der Waals surface area (Å²) in [5.74, 6) is 2.35. The van der Waals surface area contributed by atoms with Crippen LogP contribution in [0.3, 0.4) is 0 Å². The molecule has 19 heavy (non-hydrogen) atoms. The number of para-hydroxylation sites is 1. The smallest absolute Gasteiger partial charge is 0.152 e. The van der Waals surface area contributed by atoms with Gasteiger partial charge < -0.3 is 9.73 Å². The standard InChI is InChI=1S/C16H20ClNO/c1-2-18-10-12-6-3-7-13(12)15-9-11-5-4-8-14(17)16(11)19-15/h4-5,8-9,12-13,18H,2-3,6-7,10H2,1H3. The van der Waals surface area contributed by atoms with Gasteiger partial charge in [-0.15, -0.1) is 0 Å². The molecule has 1 aliphatic carbocycles. The van der Waals surface area contributed by atoms with Crippen LogP contribution in [0.25, 0.3) is 11.0 Å². The van der Waals surface area contributed by atoms with Crippen LogP contribution in [0.15, 0.2) is 28.7 Å². The zero-order chi connectivity index (χ0) is 13.2. The molecule has 2 nitrogen and oxygen atoms in total. The monoisotopic (exact) mass is 277 g/mol. The van der Waals surface area contributed by atoms with Crippen molar-refractivity contribution in [3.8, 4) is 0 Å². The molecule has 1 N–H and O–H groups in total. The summed E-state index contributed by atoms with van der Waals surface area (Å²) in [6, 6.07) is 8.12. The topological polar surface area (TPSA) is 25.2 Å². The molecule has 1 aliphatic rings. The van der Waals surface area contributed by atoms with E-state index >= 15 is 0 Å². The summed E-state index contributed by atoms with van der Waals surface area (Å²) in [5.41, 5.74) is 0.841. The van der Waals surface area contributed by atoms with Crippen LogP contribution in [0.5, 0.6) is 0 Å². The molecule has 1 heterocycles. The average Bonchev–Trinajstić information content (AvgIpc) is 3.02. The van der Waals surface area contributed by atoms with E-state index in [0.29, 0.717) is 16.9 Å². The third kappa shape index (κ3) is 2.52. The Balaban J connectivity index is 1.88. The van der Waals surface area contributed by atoms with E-state index in [4.69, 9.17) is 16.0 Å². The van der Waals surface area contributed by atoms with E-state index in [1.54, 1.807) is 0 Å². The Labute approximate surface area is 119 Å². The average molecular weight is 278 g/mol. The number of rotatable bonds is 4. The molecule has 0 saturated heterocycles. The van der Waals surface area contributed by atoms with Gasteiger partial charge in [0.25, 0.3) is 0 Å². The van der Waals surface area contributed by atoms with Gasteiger partial charge in [0.2, 0.25) is 0 Å². The van der Waals surface area contributed by atoms with Gasteiger partial charge in [0.1, 0.15) is 5.76 Å². The van der Waals surface area contributed by atoms with Gasteiger partial charge in [-0.25, -0.2) is 0 Å². The van der Waals surface area contributed by atoms with Crippen molar-refractivity contribution in [1.82, 2.24) is 5.32 Å². The highest BCUT2D eigenvalue weighted by atomic mass is 35.5. The SMILES string of the molecule is CCNCC1CCCC1c1cc2cccc(Cl)c2o1. The van der Waals surface area contributed by atoms with Crippen molar-refractivity contribution in [2.75, 3.05) is 13.1 Å². The first-order chi connectivity index (χ1) is 9.29. The lowest BCUT2D eigenvalue weighted by Crippen LogP contribution is -2.24. The first-order valence-electron chi connectivity index (χ1n) is 7.18. The van der Waals surface area contributed by atoms with Crippen molar-refractivity contribution in [2.45, 2.75) is 32.1 Å². The third-order valence-corrected chi connectivity index (χ3v) is 4.49. The van der Waals surface area contributed by atoms with Crippen molar-refractivity contribution in [1.29, 1.82) is 0 Å². The van der Waals surface area contributed by atoms with Crippen LogP contribution in [0, 0.1) is 5.92 Å². The van der Waals surface area contributed by atoms with Crippen LogP contribution in [-0.4, -0.2) is 13.1 Å². The Morgan fingerprint density at radius 1 is 1.37 bits per heavy atom. The van der Waals surface area contributed by atoms with Gasteiger partial charge in [-0.2, -0.15) is 0 Å². The molecule has 0 aliphatic heterocycles. The van der Waals surface area contributed by atoms with E-state index in [1.807, 2.05) is 12.1 Å². The largest absolute Gasteiger partial charge is 0.459 e. The molecule has 0 radical (unpaired) electrons. The normalized spacial score (nSPS) is 23.3. The number of fused-ring (bicyclic) bond motifs is 1. The van der Waals surface area contributed by atoms with Crippen molar-refractivity contribution in [3.05, 3.63) is 35.0 Å². The Bertz CT molecular complexity index is 563. The summed E-state index contributed by atoms with van der Waals surface area (Å²) in [4.78, 5) is 0. The number of furan rings is 1. The summed E-state index contributed by atoms with van der Waals surface area (Å²) < 4.78 is 6.03. The van der Waals surface area contributed by atoms with Crippen LogP contribution in [-0.2, 0) is 0 Å². The molecule has 0 amide bonds. The van der Waals surface area contributed by atoms with Crippen LogP contribution in [0.1, 0.15) is 37.9 Å². The number of hydrogen-bond acceptors (Lipinski definition) is 2. The van der Waals surface area contributed by atoms with Gasteiger partial charge in [0.05, 0.1) is 5.02 Å². The van der Waals surface area contributed by atoms with Crippen molar-refractivity contribution >= 4 is 22.6 Å². The molecule has 3 rings (SSSR count). The molecule has 1 saturated carbocycles. The number of benzene rings is 1. The molecule has 0 spiro atoms. The molecule has 1 aromatic carbocycles. The Morgan fingerprint density at radius 2 is 2.26 bits per heavy atom. The van der Waals surface area contributed by atoms with E-state index in [-0.39, 0.29) is 0 Å². The second-order valence-electron chi connectivity index (χ2n) is 5.41. The molecule has 1 aromatic heterocycles. The van der Waals surface area contributed by atoms with E-state index in [9.17, 15) is 0 Å². The van der Waals surface area contributed by atoms with Crippen LogP contribution in [0.4, 0.5) is 0 Å². The first kappa shape index (κ1) is 13.0. The highest BCUT2D eigenvalue weighted by Gasteiger charge is 2.30. The van der Waals surface area contributed by atoms with Gasteiger partial charge in [-0.3, -0.25) is 0 Å². The van der Waals surface area contributed by atoms with Gasteiger partial charge in [-0.1, -0.05) is 37.1 Å². The number of hydrogen-bond donors (Lipinski definition) is 1. The molecule has 102 valence electrons. The van der Waals surface area contributed by atoms with E-state index in [0.717, 1.165) is 29.8 Å². The predicted octanol–water partition coefficient (Wildman–Crippen LogP) is 4.58. The maximum absolute atomic E-state index is 6.19. The minimum absolute atomic E-state index is 0.544. The van der Waals surface area contributed by atoms with Gasteiger partial charge in [0, 0.05) is 11.3 Å². The van der Waals surface area contributed by atoms with Crippen LogP contribution < -0.4 is 5.32 Å². The molecule has 0 bridgehead atoms. The Kier molecular flexibility index (Phi) is 3.81. The second kappa shape index (κ2) is 5.56. The summed E-state index contributed by atoms with van der Waals surface area (Å²) in [5, 5.41) is 5.30. The number of halogens is 1. The van der Waals surface area contributed by atoms with Gasteiger partial charge in [-0.05, 0) is 44.0 Å². The first-order valence-corrected chi connectivity index (χ1v) is 7.56. The fraction of sp³-hybridized carbons (Fsp3) is 0.500. The summed E-state index contributed by atoms with van der Waals surface area (Å²) in [7, 11) is 0. The molecule has 2 atom stereocenters. The fourth-order valence-electron chi connectivity index (χ4n) is 3.22. The second-order valence-corrected chi connectivity index (χ2v) is 5.82. The maximum Gasteiger partial charge on any atom is 0.152 e. The molecule has 3 heteroatoms. The molecule has 2 unspecified atom stereocenters. The summed E-state index contributed by atoms with van der Waals surface area (Å²) in [6.07, 6.45) is 3.82. The molecule has 1 fully saturated rings. The minimum atomic E-state index is 0.544. The number of nitrogens with one attached hydrogen (secondary N) is 1. The van der Waals surface area contributed by atoms with E-state index in [2.05, 4.69) is 24.4 Å². The lowest BCUT2D eigenvalue weighted by molar-refractivity contribution is 0.394. The Morgan fingerprint density at radius 3 is 3.05 bits per heavy atom. The maximum atomic E-state index is 6.19. The lowest BCUT2D eigenvalue weighted by Gasteiger charge is -2.17. The third-order valence-electron chi connectivity index (χ3n) is 4.20. The van der Waals surface area contributed by atoms with Crippen LogP contribution in [0.2, 0.25) is 5.02 Å². The van der Waals surface area contributed by atoms with Crippen molar-refractivity contribution in [2.24, 2.45) is 5.92 Å². The molecule has 2 aromatic rings. The summed E-state index contributed by atoms with van der Waals surface area (Å²) >= 11 is 6.19. The van der Waals surface area contributed by atoms with E-state index < -0.39 is 0 Å². The van der Waals surface area contributed by atoms with Crippen molar-refractivity contribution in [3.63, 3.8) is 0 Å². The van der Waals surface area contributed by atoms with Gasteiger partial charge in [0.15, 0.2) is 5.58 Å². The zero-order valence-electron chi connectivity index (χ0n) is 11.3. The fourth-order valence-corrected chi connectivity index (χ4v) is 3.44. The highest BCUT2D eigenvalue weighted by molar-refractivity contribution is 6.34.